The number of fused-ring (bicyclic) bond motifs is 2. The second kappa shape index (κ2) is 8.37. The molecule has 7 nitrogen and oxygen atoms in total. The zero-order valence-corrected chi connectivity index (χ0v) is 18.2. The molecule has 0 fully saturated rings. The van der Waals surface area contributed by atoms with Crippen LogP contribution in [0.1, 0.15) is 30.9 Å². The first kappa shape index (κ1) is 20.7. The van der Waals surface area contributed by atoms with Gasteiger partial charge in [-0.3, -0.25) is 4.84 Å². The number of rotatable bonds is 6. The standard InChI is InChI=1S/C23H22ClFN6O/c1-32-30-22-16-6-7-31(23(16)28-12-27-22)15-5-4-13(8-15)2-3-14-9-19(25)17-11-18(24)21(26)29-20(17)10-14/h6-12,15H,2-5H2,1H3,(H2,26,29)(H,27,28,30). The van der Waals surface area contributed by atoms with Crippen molar-refractivity contribution in [3.8, 4) is 0 Å². The minimum absolute atomic E-state index is 0.212. The lowest BCUT2D eigenvalue weighted by Gasteiger charge is -2.11. The van der Waals surface area contributed by atoms with E-state index in [9.17, 15) is 4.39 Å². The molecule has 3 heterocycles. The number of aryl methyl sites for hydroxylation is 1. The number of aromatic nitrogens is 4. The monoisotopic (exact) mass is 452 g/mol. The summed E-state index contributed by atoms with van der Waals surface area (Å²) in [6.07, 6.45) is 9.43. The molecular formula is C23H22ClFN6O. The molecule has 0 spiro atoms. The lowest BCUT2D eigenvalue weighted by atomic mass is 10.0. The van der Waals surface area contributed by atoms with Crippen LogP contribution < -0.4 is 11.2 Å². The Labute approximate surface area is 189 Å². The maximum absolute atomic E-state index is 14.6. The fraction of sp³-hybridized carbons (Fsp3) is 0.261. The van der Waals surface area contributed by atoms with Crippen molar-refractivity contribution in [3.05, 3.63) is 64.8 Å². The average Bonchev–Trinajstić information content (AvgIpc) is 3.41. The lowest BCUT2D eigenvalue weighted by Crippen LogP contribution is -2.04. The Balaban J connectivity index is 1.34. The second-order valence-electron chi connectivity index (χ2n) is 7.92. The number of halogens is 2. The summed E-state index contributed by atoms with van der Waals surface area (Å²) < 4.78 is 16.7. The van der Waals surface area contributed by atoms with Crippen LogP contribution in [0.3, 0.4) is 0 Å². The topological polar surface area (TPSA) is 90.9 Å². The number of pyridine rings is 1. The fourth-order valence-corrected chi connectivity index (χ4v) is 4.49. The SMILES string of the molecule is CONc1ncnc2c1ccn2C1C=C(CCc2cc(F)c3cc(Cl)c(N)nc3c2)CC1. The maximum Gasteiger partial charge on any atom is 0.162 e. The summed E-state index contributed by atoms with van der Waals surface area (Å²) in [4.78, 5) is 17.9. The van der Waals surface area contributed by atoms with E-state index in [1.807, 2.05) is 18.3 Å². The Kier molecular flexibility index (Phi) is 5.40. The van der Waals surface area contributed by atoms with Gasteiger partial charge in [0.25, 0.3) is 0 Å². The molecule has 3 N–H and O–H groups in total. The van der Waals surface area contributed by atoms with E-state index in [0.717, 1.165) is 42.3 Å². The van der Waals surface area contributed by atoms with Gasteiger partial charge in [-0.1, -0.05) is 23.3 Å². The summed E-state index contributed by atoms with van der Waals surface area (Å²) in [5.74, 6) is 0.528. The van der Waals surface area contributed by atoms with Gasteiger partial charge in [0.05, 0.1) is 29.1 Å². The van der Waals surface area contributed by atoms with Crippen LogP contribution in [-0.4, -0.2) is 26.6 Å². The minimum Gasteiger partial charge on any atom is -0.382 e. The third kappa shape index (κ3) is 3.76. The summed E-state index contributed by atoms with van der Waals surface area (Å²) in [5.41, 5.74) is 12.2. The van der Waals surface area contributed by atoms with Gasteiger partial charge in [0.2, 0.25) is 0 Å². The van der Waals surface area contributed by atoms with Crippen LogP contribution in [-0.2, 0) is 11.3 Å². The summed E-state index contributed by atoms with van der Waals surface area (Å²) >= 11 is 5.98. The van der Waals surface area contributed by atoms with Crippen molar-refractivity contribution in [3.63, 3.8) is 0 Å². The molecule has 4 aromatic rings. The molecule has 1 aliphatic carbocycles. The first-order valence-electron chi connectivity index (χ1n) is 10.4. The summed E-state index contributed by atoms with van der Waals surface area (Å²) in [6.45, 7) is 0. The van der Waals surface area contributed by atoms with Crippen molar-refractivity contribution >= 4 is 45.2 Å². The van der Waals surface area contributed by atoms with E-state index in [1.54, 1.807) is 13.2 Å². The van der Waals surface area contributed by atoms with Crippen LogP contribution in [0.4, 0.5) is 16.0 Å². The van der Waals surface area contributed by atoms with Crippen molar-refractivity contribution in [2.45, 2.75) is 31.7 Å². The number of nitrogens with one attached hydrogen (secondary N) is 1. The largest absolute Gasteiger partial charge is 0.382 e. The zero-order chi connectivity index (χ0) is 22.2. The molecule has 1 aliphatic rings. The van der Waals surface area contributed by atoms with E-state index in [-0.39, 0.29) is 22.7 Å². The molecule has 1 unspecified atom stereocenters. The molecular weight excluding hydrogens is 431 g/mol. The van der Waals surface area contributed by atoms with Gasteiger partial charge in [-0.25, -0.2) is 24.8 Å². The minimum atomic E-state index is -0.329. The van der Waals surface area contributed by atoms with Crippen LogP contribution in [0.25, 0.3) is 21.9 Å². The molecule has 1 atom stereocenters. The molecule has 0 bridgehead atoms. The molecule has 0 saturated carbocycles. The molecule has 32 heavy (non-hydrogen) atoms. The van der Waals surface area contributed by atoms with E-state index in [1.165, 1.54) is 18.0 Å². The predicted molar refractivity (Wildman–Crippen MR) is 124 cm³/mol. The number of allylic oxidation sites excluding steroid dienone is 2. The molecule has 164 valence electrons. The van der Waals surface area contributed by atoms with Gasteiger partial charge in [-0.15, -0.1) is 0 Å². The van der Waals surface area contributed by atoms with E-state index in [2.05, 4.69) is 31.1 Å². The Hall–Kier alpha value is -3.23. The normalized spacial score (nSPS) is 16.1. The first-order valence-corrected chi connectivity index (χ1v) is 10.8. The number of hydrogen-bond acceptors (Lipinski definition) is 6. The Morgan fingerprint density at radius 1 is 1.25 bits per heavy atom. The maximum atomic E-state index is 14.6. The van der Waals surface area contributed by atoms with Crippen LogP contribution in [0.15, 0.2) is 48.4 Å². The Morgan fingerprint density at radius 3 is 2.97 bits per heavy atom. The van der Waals surface area contributed by atoms with E-state index in [4.69, 9.17) is 22.2 Å². The summed E-state index contributed by atoms with van der Waals surface area (Å²) in [5, 5.41) is 1.56. The van der Waals surface area contributed by atoms with Crippen LogP contribution in [0.2, 0.25) is 5.02 Å². The quantitative estimate of drug-likeness (QED) is 0.308. The second-order valence-corrected chi connectivity index (χ2v) is 8.33. The highest BCUT2D eigenvalue weighted by atomic mass is 35.5. The van der Waals surface area contributed by atoms with Gasteiger partial charge < -0.3 is 10.3 Å². The van der Waals surface area contributed by atoms with Gasteiger partial charge in [0.15, 0.2) is 5.82 Å². The first-order chi connectivity index (χ1) is 15.5. The number of nitrogens with two attached hydrogens (primary N) is 1. The Bertz CT molecular complexity index is 1350. The number of benzene rings is 1. The molecule has 0 amide bonds. The number of anilines is 2. The molecule has 0 saturated heterocycles. The predicted octanol–water partition coefficient (Wildman–Crippen LogP) is 5.22. The number of hydrogen-bond donors (Lipinski definition) is 2. The van der Waals surface area contributed by atoms with Crippen LogP contribution >= 0.6 is 11.6 Å². The summed E-state index contributed by atoms with van der Waals surface area (Å²) in [7, 11) is 1.55. The highest BCUT2D eigenvalue weighted by molar-refractivity contribution is 6.33. The third-order valence-corrected chi connectivity index (χ3v) is 6.22. The molecule has 3 aromatic heterocycles. The van der Waals surface area contributed by atoms with Crippen molar-refractivity contribution in [1.29, 1.82) is 0 Å². The summed E-state index contributed by atoms with van der Waals surface area (Å²) in [6, 6.07) is 7.19. The van der Waals surface area contributed by atoms with Gasteiger partial charge in [-0.05, 0) is 55.5 Å². The van der Waals surface area contributed by atoms with Gasteiger partial charge in [0, 0.05) is 11.6 Å². The van der Waals surface area contributed by atoms with E-state index >= 15 is 0 Å². The van der Waals surface area contributed by atoms with E-state index in [0.29, 0.717) is 16.7 Å². The van der Waals surface area contributed by atoms with Crippen LogP contribution in [0.5, 0.6) is 0 Å². The smallest absolute Gasteiger partial charge is 0.162 e. The molecule has 1 aromatic carbocycles. The highest BCUT2D eigenvalue weighted by Crippen LogP contribution is 2.34. The fourth-order valence-electron chi connectivity index (χ4n) is 4.34. The lowest BCUT2D eigenvalue weighted by molar-refractivity contribution is 0.269. The zero-order valence-electron chi connectivity index (χ0n) is 17.5. The average molecular weight is 453 g/mol. The number of nitrogen functional groups attached to an aromatic ring is 1. The van der Waals surface area contributed by atoms with Crippen molar-refractivity contribution in [2.75, 3.05) is 18.3 Å². The van der Waals surface area contributed by atoms with Crippen molar-refractivity contribution in [1.82, 2.24) is 19.5 Å². The third-order valence-electron chi connectivity index (χ3n) is 5.91. The van der Waals surface area contributed by atoms with Crippen molar-refractivity contribution < 1.29 is 9.23 Å². The molecule has 0 aliphatic heterocycles. The van der Waals surface area contributed by atoms with Gasteiger partial charge >= 0.3 is 0 Å². The van der Waals surface area contributed by atoms with Gasteiger partial charge in [0.1, 0.15) is 23.6 Å². The molecule has 5 rings (SSSR count). The van der Waals surface area contributed by atoms with Crippen molar-refractivity contribution in [2.24, 2.45) is 0 Å². The molecule has 0 radical (unpaired) electrons. The van der Waals surface area contributed by atoms with E-state index < -0.39 is 0 Å². The molecule has 9 heteroatoms. The van der Waals surface area contributed by atoms with Crippen LogP contribution in [0, 0.1) is 5.82 Å². The Morgan fingerprint density at radius 2 is 2.12 bits per heavy atom. The highest BCUT2D eigenvalue weighted by Gasteiger charge is 2.20. The number of nitrogens with zero attached hydrogens (tertiary/aromatic N) is 4. The van der Waals surface area contributed by atoms with Gasteiger partial charge in [-0.2, -0.15) is 0 Å².